The Balaban J connectivity index is 1.73. The molecule has 1 N–H and O–H groups in total. The molecular formula is C21H22O4. The van der Waals surface area contributed by atoms with Crippen molar-refractivity contribution in [1.82, 2.24) is 0 Å². The topological polar surface area (TPSA) is 63.6 Å². The smallest absolute Gasteiger partial charge is 0.307 e. The van der Waals surface area contributed by atoms with E-state index in [9.17, 15) is 14.7 Å². The predicted molar refractivity (Wildman–Crippen MR) is 95.3 cm³/mol. The van der Waals surface area contributed by atoms with Crippen LogP contribution in [-0.2, 0) is 14.3 Å². The molecule has 1 aliphatic rings. The molecule has 0 saturated carbocycles. The van der Waals surface area contributed by atoms with E-state index in [1.54, 1.807) is 13.8 Å². The largest absolute Gasteiger partial charge is 0.481 e. The van der Waals surface area contributed by atoms with Gasteiger partial charge in [-0.25, -0.2) is 0 Å². The Morgan fingerprint density at radius 1 is 1.00 bits per heavy atom. The number of hydrogen-bond acceptors (Lipinski definition) is 3. The van der Waals surface area contributed by atoms with E-state index in [4.69, 9.17) is 4.74 Å². The lowest BCUT2D eigenvalue weighted by Crippen LogP contribution is -2.24. The van der Waals surface area contributed by atoms with Gasteiger partial charge in [-0.15, -0.1) is 0 Å². The van der Waals surface area contributed by atoms with Crippen LogP contribution in [0.15, 0.2) is 48.5 Å². The van der Waals surface area contributed by atoms with Gasteiger partial charge in [0.15, 0.2) is 0 Å². The average molecular weight is 338 g/mol. The molecular weight excluding hydrogens is 316 g/mol. The van der Waals surface area contributed by atoms with Crippen LogP contribution < -0.4 is 0 Å². The lowest BCUT2D eigenvalue weighted by molar-refractivity contribution is -0.153. The molecule has 25 heavy (non-hydrogen) atoms. The second-order valence-corrected chi connectivity index (χ2v) is 6.80. The number of carbonyl (C=O) groups excluding carboxylic acids is 1. The normalized spacial score (nSPS) is 14.0. The van der Waals surface area contributed by atoms with E-state index in [0.29, 0.717) is 0 Å². The molecule has 0 radical (unpaired) electrons. The van der Waals surface area contributed by atoms with Gasteiger partial charge in [-0.3, -0.25) is 9.59 Å². The van der Waals surface area contributed by atoms with Gasteiger partial charge in [-0.2, -0.15) is 0 Å². The van der Waals surface area contributed by atoms with Crippen molar-refractivity contribution in [2.45, 2.75) is 26.2 Å². The maximum atomic E-state index is 12.2. The first-order chi connectivity index (χ1) is 12.0. The first kappa shape index (κ1) is 17.2. The average Bonchev–Trinajstić information content (AvgIpc) is 2.91. The summed E-state index contributed by atoms with van der Waals surface area (Å²) in [6, 6.07) is 16.3. The third-order valence-corrected chi connectivity index (χ3v) is 4.88. The fraction of sp³-hybridized carbons (Fsp3) is 0.333. The molecule has 1 atom stereocenters. The Bertz CT molecular complexity index is 748. The second kappa shape index (κ2) is 7.09. The highest BCUT2D eigenvalue weighted by molar-refractivity contribution is 5.80. The van der Waals surface area contributed by atoms with Gasteiger partial charge < -0.3 is 9.84 Å². The van der Waals surface area contributed by atoms with E-state index in [0.717, 1.165) is 11.1 Å². The second-order valence-electron chi connectivity index (χ2n) is 6.80. The Hall–Kier alpha value is -2.62. The van der Waals surface area contributed by atoms with Gasteiger partial charge in [-0.05, 0) is 28.2 Å². The van der Waals surface area contributed by atoms with Crippen LogP contribution >= 0.6 is 0 Å². The van der Waals surface area contributed by atoms with Crippen molar-refractivity contribution in [1.29, 1.82) is 0 Å². The predicted octanol–water partition coefficient (Wildman–Crippen LogP) is 4.09. The van der Waals surface area contributed by atoms with Crippen LogP contribution in [0, 0.1) is 11.8 Å². The van der Waals surface area contributed by atoms with Crippen LogP contribution in [0.2, 0.25) is 0 Å². The van der Waals surface area contributed by atoms with Crippen LogP contribution in [0.25, 0.3) is 11.1 Å². The number of esters is 1. The summed E-state index contributed by atoms with van der Waals surface area (Å²) in [7, 11) is 0. The minimum Gasteiger partial charge on any atom is -0.481 e. The van der Waals surface area contributed by atoms with Gasteiger partial charge in [0.1, 0.15) is 6.61 Å². The molecule has 0 fully saturated rings. The van der Waals surface area contributed by atoms with Gasteiger partial charge in [-0.1, -0.05) is 62.4 Å². The quantitative estimate of drug-likeness (QED) is 0.806. The molecule has 0 saturated heterocycles. The molecule has 0 aromatic heterocycles. The summed E-state index contributed by atoms with van der Waals surface area (Å²) in [5.41, 5.74) is 4.64. The third-order valence-electron chi connectivity index (χ3n) is 4.88. The summed E-state index contributed by atoms with van der Waals surface area (Å²) in [5.74, 6) is -2.24. The number of aliphatic carboxylic acids is 1. The van der Waals surface area contributed by atoms with Crippen molar-refractivity contribution in [3.05, 3.63) is 59.7 Å². The number of benzene rings is 2. The monoisotopic (exact) mass is 338 g/mol. The third kappa shape index (κ3) is 3.43. The molecule has 130 valence electrons. The van der Waals surface area contributed by atoms with Crippen LogP contribution in [0.1, 0.15) is 37.3 Å². The van der Waals surface area contributed by atoms with E-state index in [1.165, 1.54) is 11.1 Å². The molecule has 4 nitrogen and oxygen atoms in total. The zero-order valence-electron chi connectivity index (χ0n) is 14.4. The standard InChI is InChI=1S/C21H22O4/c1-13(2)18(21(23)24)11-20(22)25-12-19-16-9-5-3-7-14(16)15-8-4-6-10-17(15)19/h3-10,13,18-19H,11-12H2,1-2H3,(H,23,24)/t18-/m0/s1. The molecule has 2 aromatic carbocycles. The maximum absolute atomic E-state index is 12.2. The van der Waals surface area contributed by atoms with Gasteiger partial charge in [0.25, 0.3) is 0 Å². The molecule has 0 heterocycles. The number of hydrogen-bond donors (Lipinski definition) is 1. The zero-order valence-corrected chi connectivity index (χ0v) is 14.4. The Morgan fingerprint density at radius 3 is 2.00 bits per heavy atom. The minimum atomic E-state index is -0.955. The Morgan fingerprint density at radius 2 is 1.52 bits per heavy atom. The maximum Gasteiger partial charge on any atom is 0.307 e. The molecule has 0 spiro atoms. The van der Waals surface area contributed by atoms with Crippen molar-refractivity contribution in [3.63, 3.8) is 0 Å². The summed E-state index contributed by atoms with van der Waals surface area (Å²) in [5, 5.41) is 9.22. The van der Waals surface area contributed by atoms with E-state index in [1.807, 2.05) is 24.3 Å². The number of carbonyl (C=O) groups is 2. The van der Waals surface area contributed by atoms with Crippen molar-refractivity contribution >= 4 is 11.9 Å². The Kier molecular flexibility index (Phi) is 4.88. The summed E-state index contributed by atoms with van der Waals surface area (Å²) >= 11 is 0. The molecule has 3 rings (SSSR count). The summed E-state index contributed by atoms with van der Waals surface area (Å²) in [6.07, 6.45) is -0.0942. The number of rotatable bonds is 6. The van der Waals surface area contributed by atoms with Crippen molar-refractivity contribution in [3.8, 4) is 11.1 Å². The lowest BCUT2D eigenvalue weighted by Gasteiger charge is -2.17. The van der Waals surface area contributed by atoms with Gasteiger partial charge >= 0.3 is 11.9 Å². The van der Waals surface area contributed by atoms with Crippen molar-refractivity contribution < 1.29 is 19.4 Å². The summed E-state index contributed by atoms with van der Waals surface area (Å²) in [4.78, 5) is 23.4. The van der Waals surface area contributed by atoms with Crippen molar-refractivity contribution in [2.75, 3.05) is 6.61 Å². The van der Waals surface area contributed by atoms with Gasteiger partial charge in [0.05, 0.1) is 12.3 Å². The molecule has 2 aromatic rings. The van der Waals surface area contributed by atoms with Crippen LogP contribution in [-0.4, -0.2) is 23.7 Å². The lowest BCUT2D eigenvalue weighted by atomic mass is 9.93. The highest BCUT2D eigenvalue weighted by Crippen LogP contribution is 2.44. The first-order valence-electron chi connectivity index (χ1n) is 8.55. The number of carboxylic acid groups (broad SMARTS) is 1. The van der Waals surface area contributed by atoms with Gasteiger partial charge in [0, 0.05) is 5.92 Å². The first-order valence-corrected chi connectivity index (χ1v) is 8.55. The van der Waals surface area contributed by atoms with Crippen LogP contribution in [0.4, 0.5) is 0 Å². The molecule has 0 unspecified atom stereocenters. The fourth-order valence-electron chi connectivity index (χ4n) is 3.46. The van der Waals surface area contributed by atoms with E-state index >= 15 is 0 Å². The molecule has 0 amide bonds. The van der Waals surface area contributed by atoms with Crippen molar-refractivity contribution in [2.24, 2.45) is 11.8 Å². The number of carboxylic acids is 1. The number of fused-ring (bicyclic) bond motifs is 3. The Labute approximate surface area is 147 Å². The van der Waals surface area contributed by atoms with Crippen LogP contribution in [0.5, 0.6) is 0 Å². The molecule has 4 heteroatoms. The molecule has 1 aliphatic carbocycles. The molecule has 0 aliphatic heterocycles. The SMILES string of the molecule is CC(C)[C@H](CC(=O)OCC1c2ccccc2-c2ccccc21)C(=O)O. The number of ether oxygens (including phenoxy) is 1. The van der Waals surface area contributed by atoms with Crippen LogP contribution in [0.3, 0.4) is 0 Å². The highest BCUT2D eigenvalue weighted by Gasteiger charge is 2.30. The zero-order chi connectivity index (χ0) is 18.0. The fourth-order valence-corrected chi connectivity index (χ4v) is 3.46. The van der Waals surface area contributed by atoms with E-state index in [-0.39, 0.29) is 24.9 Å². The van der Waals surface area contributed by atoms with E-state index < -0.39 is 17.9 Å². The van der Waals surface area contributed by atoms with E-state index in [2.05, 4.69) is 24.3 Å². The molecule has 0 bridgehead atoms. The minimum absolute atomic E-state index is 0.00122. The summed E-state index contributed by atoms with van der Waals surface area (Å²) < 4.78 is 5.47. The highest BCUT2D eigenvalue weighted by atomic mass is 16.5. The van der Waals surface area contributed by atoms with Gasteiger partial charge in [0.2, 0.25) is 0 Å². The summed E-state index contributed by atoms with van der Waals surface area (Å²) in [6.45, 7) is 3.84.